The Bertz CT molecular complexity index is 426. The summed E-state index contributed by atoms with van der Waals surface area (Å²) in [4.78, 5) is 14.0. The smallest absolute Gasteiger partial charge is 0.234 e. The molecule has 3 nitrogen and oxygen atoms in total. The molecule has 0 atom stereocenters. The van der Waals surface area contributed by atoms with Gasteiger partial charge in [-0.1, -0.05) is 30.7 Å². The van der Waals surface area contributed by atoms with E-state index in [4.69, 9.17) is 11.6 Å². The summed E-state index contributed by atoms with van der Waals surface area (Å²) in [6.45, 7) is 9.96. The van der Waals surface area contributed by atoms with Gasteiger partial charge in [-0.25, -0.2) is 0 Å². The molecule has 0 radical (unpaired) electrons. The molecule has 0 fully saturated rings. The van der Waals surface area contributed by atoms with Crippen LogP contribution >= 0.6 is 11.6 Å². The van der Waals surface area contributed by atoms with E-state index < -0.39 is 0 Å². The van der Waals surface area contributed by atoms with Crippen LogP contribution in [0.2, 0.25) is 5.02 Å². The number of carbonyl (C=O) groups excluding carboxylic acids is 1. The molecule has 1 amide bonds. The van der Waals surface area contributed by atoms with Gasteiger partial charge in [0, 0.05) is 17.1 Å². The van der Waals surface area contributed by atoms with E-state index in [1.807, 2.05) is 45.0 Å². The van der Waals surface area contributed by atoms with Crippen molar-refractivity contribution < 1.29 is 4.79 Å². The predicted molar refractivity (Wildman–Crippen MR) is 80.3 cm³/mol. The summed E-state index contributed by atoms with van der Waals surface area (Å²) in [6.07, 6.45) is 0. The topological polar surface area (TPSA) is 32.3 Å². The zero-order valence-electron chi connectivity index (χ0n) is 12.2. The van der Waals surface area contributed by atoms with E-state index >= 15 is 0 Å². The molecule has 0 aromatic heterocycles. The van der Waals surface area contributed by atoms with E-state index in [1.54, 1.807) is 0 Å². The van der Waals surface area contributed by atoms with Gasteiger partial charge in [0.05, 0.1) is 6.54 Å². The predicted octanol–water partition coefficient (Wildman–Crippen LogP) is 3.08. The highest BCUT2D eigenvalue weighted by molar-refractivity contribution is 6.30. The standard InChI is InChI=1S/C15H23ClN2O/c1-5-18(11-14(19)17-15(2,3)4)10-12-7-6-8-13(16)9-12/h6-9H,5,10-11H2,1-4H3,(H,17,19). The summed E-state index contributed by atoms with van der Waals surface area (Å²) in [6, 6.07) is 7.75. The van der Waals surface area contributed by atoms with Crippen LogP contribution in [0.15, 0.2) is 24.3 Å². The van der Waals surface area contributed by atoms with Crippen molar-refractivity contribution in [2.24, 2.45) is 0 Å². The highest BCUT2D eigenvalue weighted by Gasteiger charge is 2.16. The lowest BCUT2D eigenvalue weighted by Gasteiger charge is -2.25. The number of nitrogens with zero attached hydrogens (tertiary/aromatic N) is 1. The monoisotopic (exact) mass is 282 g/mol. The fraction of sp³-hybridized carbons (Fsp3) is 0.533. The van der Waals surface area contributed by atoms with E-state index in [-0.39, 0.29) is 11.4 Å². The lowest BCUT2D eigenvalue weighted by atomic mass is 10.1. The third-order valence-electron chi connectivity index (χ3n) is 2.62. The first-order valence-corrected chi connectivity index (χ1v) is 6.96. The van der Waals surface area contributed by atoms with E-state index in [1.165, 1.54) is 0 Å². The van der Waals surface area contributed by atoms with E-state index in [9.17, 15) is 4.79 Å². The van der Waals surface area contributed by atoms with Gasteiger partial charge in [-0.3, -0.25) is 9.69 Å². The minimum absolute atomic E-state index is 0.0522. The van der Waals surface area contributed by atoms with Gasteiger partial charge in [-0.05, 0) is 45.0 Å². The van der Waals surface area contributed by atoms with Gasteiger partial charge in [0.1, 0.15) is 0 Å². The zero-order valence-corrected chi connectivity index (χ0v) is 12.9. The Balaban J connectivity index is 2.57. The highest BCUT2D eigenvalue weighted by Crippen LogP contribution is 2.12. The molecule has 1 aromatic carbocycles. The zero-order chi connectivity index (χ0) is 14.5. The number of hydrogen-bond acceptors (Lipinski definition) is 2. The molecule has 1 aromatic rings. The summed E-state index contributed by atoms with van der Waals surface area (Å²) in [5.74, 6) is 0.0522. The number of benzene rings is 1. The maximum Gasteiger partial charge on any atom is 0.234 e. The van der Waals surface area contributed by atoms with Crippen molar-refractivity contribution in [1.29, 1.82) is 0 Å². The third kappa shape index (κ3) is 6.60. The Kier molecular flexibility index (Phi) is 5.83. The van der Waals surface area contributed by atoms with Crippen LogP contribution in [0.3, 0.4) is 0 Å². The van der Waals surface area contributed by atoms with Crippen molar-refractivity contribution in [2.75, 3.05) is 13.1 Å². The van der Waals surface area contributed by atoms with Gasteiger partial charge in [0.15, 0.2) is 0 Å². The molecule has 0 spiro atoms. The largest absolute Gasteiger partial charge is 0.350 e. The Morgan fingerprint density at radius 3 is 2.58 bits per heavy atom. The average molecular weight is 283 g/mol. The normalized spacial score (nSPS) is 11.7. The van der Waals surface area contributed by atoms with Crippen LogP contribution < -0.4 is 5.32 Å². The number of nitrogens with one attached hydrogen (secondary N) is 1. The molecule has 19 heavy (non-hydrogen) atoms. The molecule has 0 unspecified atom stereocenters. The summed E-state index contributed by atoms with van der Waals surface area (Å²) in [5.41, 5.74) is 0.935. The Hall–Kier alpha value is -1.06. The number of halogens is 1. The van der Waals surface area contributed by atoms with Gasteiger partial charge in [-0.15, -0.1) is 0 Å². The van der Waals surface area contributed by atoms with Crippen LogP contribution in [0, 0.1) is 0 Å². The summed E-state index contributed by atoms with van der Waals surface area (Å²) in [5, 5.41) is 3.70. The molecule has 1 rings (SSSR count). The number of carbonyl (C=O) groups is 1. The maximum atomic E-state index is 11.9. The van der Waals surface area contributed by atoms with Gasteiger partial charge in [0.25, 0.3) is 0 Å². The second-order valence-electron chi connectivity index (χ2n) is 5.73. The molecule has 0 heterocycles. The van der Waals surface area contributed by atoms with Crippen molar-refractivity contribution in [1.82, 2.24) is 10.2 Å². The first-order valence-electron chi connectivity index (χ1n) is 6.58. The molecular weight excluding hydrogens is 260 g/mol. The van der Waals surface area contributed by atoms with Crippen LogP contribution in [0.1, 0.15) is 33.3 Å². The number of likely N-dealkylation sites (N-methyl/N-ethyl adjacent to an activating group) is 1. The minimum Gasteiger partial charge on any atom is -0.350 e. The lowest BCUT2D eigenvalue weighted by molar-refractivity contribution is -0.123. The van der Waals surface area contributed by atoms with E-state index in [0.29, 0.717) is 6.54 Å². The third-order valence-corrected chi connectivity index (χ3v) is 2.86. The Morgan fingerprint density at radius 1 is 1.37 bits per heavy atom. The van der Waals surface area contributed by atoms with Crippen molar-refractivity contribution >= 4 is 17.5 Å². The quantitative estimate of drug-likeness (QED) is 0.900. The fourth-order valence-electron chi connectivity index (χ4n) is 1.83. The van der Waals surface area contributed by atoms with Crippen LogP contribution in [0.4, 0.5) is 0 Å². The Labute approximate surface area is 120 Å². The highest BCUT2D eigenvalue weighted by atomic mass is 35.5. The van der Waals surface area contributed by atoms with Crippen molar-refractivity contribution in [2.45, 2.75) is 39.8 Å². The van der Waals surface area contributed by atoms with E-state index in [2.05, 4.69) is 17.1 Å². The van der Waals surface area contributed by atoms with E-state index in [0.717, 1.165) is 23.7 Å². The SMILES string of the molecule is CCN(CC(=O)NC(C)(C)C)Cc1cccc(Cl)c1. The molecule has 0 aliphatic heterocycles. The number of hydrogen-bond donors (Lipinski definition) is 1. The van der Waals surface area contributed by atoms with Crippen LogP contribution in [0.25, 0.3) is 0 Å². The minimum atomic E-state index is -0.188. The molecule has 0 saturated carbocycles. The lowest BCUT2D eigenvalue weighted by Crippen LogP contribution is -2.45. The second kappa shape index (κ2) is 6.92. The number of rotatable bonds is 5. The summed E-state index contributed by atoms with van der Waals surface area (Å²) < 4.78 is 0. The van der Waals surface area contributed by atoms with Crippen molar-refractivity contribution in [3.05, 3.63) is 34.9 Å². The maximum absolute atomic E-state index is 11.9. The van der Waals surface area contributed by atoms with Crippen molar-refractivity contribution in [3.8, 4) is 0 Å². The summed E-state index contributed by atoms with van der Waals surface area (Å²) >= 11 is 5.97. The van der Waals surface area contributed by atoms with Gasteiger partial charge >= 0.3 is 0 Å². The molecule has 106 valence electrons. The number of amides is 1. The first kappa shape index (κ1) is 16.0. The molecule has 0 bridgehead atoms. The second-order valence-corrected chi connectivity index (χ2v) is 6.17. The van der Waals surface area contributed by atoms with Crippen LogP contribution in [-0.2, 0) is 11.3 Å². The molecule has 4 heteroatoms. The Morgan fingerprint density at radius 2 is 2.05 bits per heavy atom. The summed E-state index contributed by atoms with van der Waals surface area (Å²) in [7, 11) is 0. The first-order chi connectivity index (χ1) is 8.80. The van der Waals surface area contributed by atoms with Crippen LogP contribution in [-0.4, -0.2) is 29.4 Å². The van der Waals surface area contributed by atoms with Gasteiger partial charge < -0.3 is 5.32 Å². The van der Waals surface area contributed by atoms with Gasteiger partial charge in [-0.2, -0.15) is 0 Å². The molecule has 1 N–H and O–H groups in total. The van der Waals surface area contributed by atoms with Gasteiger partial charge in [0.2, 0.25) is 5.91 Å². The average Bonchev–Trinajstić information content (AvgIpc) is 2.25. The van der Waals surface area contributed by atoms with Crippen molar-refractivity contribution in [3.63, 3.8) is 0 Å². The van der Waals surface area contributed by atoms with Crippen LogP contribution in [0.5, 0.6) is 0 Å². The molecule has 0 aliphatic carbocycles. The molecule has 0 saturated heterocycles. The fourth-order valence-corrected chi connectivity index (χ4v) is 2.05. The molecule has 0 aliphatic rings. The molecular formula is C15H23ClN2O.